The highest BCUT2D eigenvalue weighted by Gasteiger charge is 2.62. The molecule has 1 N–H and O–H groups in total. The first-order chi connectivity index (χ1) is 19.5. The molecule has 7 rings (SSSR count). The van der Waals surface area contributed by atoms with Gasteiger partial charge in [0, 0.05) is 24.8 Å². The number of methoxy groups -OCH3 is 3. The number of piperidine rings is 1. The predicted molar refractivity (Wildman–Crippen MR) is 151 cm³/mol. The number of carbonyl (C=O) groups excluding carboxylic acids is 1. The van der Waals surface area contributed by atoms with E-state index in [-0.39, 0.29) is 29.0 Å². The van der Waals surface area contributed by atoms with E-state index >= 15 is 0 Å². The van der Waals surface area contributed by atoms with Crippen molar-refractivity contribution in [1.82, 2.24) is 14.8 Å². The summed E-state index contributed by atoms with van der Waals surface area (Å²) in [5, 5.41) is 2.99. The van der Waals surface area contributed by atoms with E-state index in [2.05, 4.69) is 29.3 Å². The fraction of sp³-hybridized carbons (Fsp3) is 0.438. The maximum absolute atomic E-state index is 14.2. The van der Waals surface area contributed by atoms with Crippen LogP contribution in [-0.4, -0.2) is 55.8 Å². The van der Waals surface area contributed by atoms with Crippen LogP contribution in [-0.2, 0) is 12.0 Å². The van der Waals surface area contributed by atoms with Gasteiger partial charge in [0.1, 0.15) is 5.56 Å². The lowest BCUT2D eigenvalue weighted by Gasteiger charge is -2.50. The maximum Gasteiger partial charge on any atom is 0.268 e. The number of benzene rings is 2. The van der Waals surface area contributed by atoms with E-state index in [9.17, 15) is 9.59 Å². The number of nitrogens with zero attached hydrogens (tertiary/aromatic N) is 2. The Morgan fingerprint density at radius 1 is 1.07 bits per heavy atom. The Labute approximate surface area is 233 Å². The molecule has 2 saturated heterocycles. The van der Waals surface area contributed by atoms with Gasteiger partial charge in [-0.05, 0) is 72.2 Å². The van der Waals surface area contributed by atoms with Crippen LogP contribution in [0.2, 0.25) is 0 Å². The molecule has 2 fully saturated rings. The summed E-state index contributed by atoms with van der Waals surface area (Å²) in [7, 11) is 4.67. The third kappa shape index (κ3) is 3.22. The zero-order chi connectivity index (χ0) is 27.8. The minimum Gasteiger partial charge on any atom is -0.493 e. The molecule has 8 heteroatoms. The average molecular weight is 542 g/mol. The van der Waals surface area contributed by atoms with Crippen LogP contribution < -0.4 is 25.1 Å². The number of fused-ring (bicyclic) bond motifs is 4. The van der Waals surface area contributed by atoms with E-state index in [1.165, 1.54) is 11.1 Å². The SMILES string of the molecule is CC[C@@H]1CN2CC[C@]34c5ccccc5-n5c3c(cc(C(=O)NCc3cc(OC)c(OC)c(OC)c3)c5=O)[C@H]1C[C@H]24. The summed E-state index contributed by atoms with van der Waals surface area (Å²) in [6.45, 7) is 4.60. The van der Waals surface area contributed by atoms with Gasteiger partial charge < -0.3 is 19.5 Å². The first-order valence-corrected chi connectivity index (χ1v) is 14.2. The predicted octanol–water partition coefficient (Wildman–Crippen LogP) is 3.99. The lowest BCUT2D eigenvalue weighted by atomic mass is 9.60. The standard InChI is InChI=1S/C32H35N3O5/c1-5-19-17-34-11-10-32-23-8-6-7-9-24(23)35-29(32)21(20(19)15-27(32)34)14-22(31(35)37)30(36)33-16-18-12-25(38-2)28(40-4)26(13-18)39-3/h6-9,12-14,19-20,27H,5,10-11,15-17H2,1-4H3,(H,33,36)/t19-,20+,27+,32-/m1/s1. The number of aromatic nitrogens is 1. The highest BCUT2D eigenvalue weighted by atomic mass is 16.5. The largest absolute Gasteiger partial charge is 0.493 e. The van der Waals surface area contributed by atoms with Crippen LogP contribution in [0.3, 0.4) is 0 Å². The highest BCUT2D eigenvalue weighted by molar-refractivity contribution is 5.94. The van der Waals surface area contributed by atoms with E-state index in [0.717, 1.165) is 49.3 Å². The minimum absolute atomic E-state index is 0.175. The van der Waals surface area contributed by atoms with Gasteiger partial charge in [0.25, 0.3) is 11.5 Å². The Hall–Kier alpha value is -3.78. The molecule has 1 spiro atoms. The van der Waals surface area contributed by atoms with Crippen LogP contribution in [0, 0.1) is 5.92 Å². The number of pyridine rings is 1. The Kier molecular flexibility index (Phi) is 5.75. The van der Waals surface area contributed by atoms with E-state index < -0.39 is 0 Å². The number of ether oxygens (including phenoxy) is 3. The summed E-state index contributed by atoms with van der Waals surface area (Å²) >= 11 is 0. The third-order valence-corrected chi connectivity index (χ3v) is 9.94. The van der Waals surface area contributed by atoms with Crippen molar-refractivity contribution in [2.75, 3.05) is 34.4 Å². The lowest BCUT2D eigenvalue weighted by molar-refractivity contribution is 0.0895. The Morgan fingerprint density at radius 3 is 2.52 bits per heavy atom. The molecule has 4 atom stereocenters. The molecule has 208 valence electrons. The second-order valence-electron chi connectivity index (χ2n) is 11.5. The fourth-order valence-corrected chi connectivity index (χ4v) is 8.23. The van der Waals surface area contributed by atoms with Gasteiger partial charge in [-0.1, -0.05) is 31.5 Å². The second-order valence-corrected chi connectivity index (χ2v) is 11.5. The Morgan fingerprint density at radius 2 is 1.82 bits per heavy atom. The summed E-state index contributed by atoms with van der Waals surface area (Å²) < 4.78 is 18.2. The van der Waals surface area contributed by atoms with Crippen molar-refractivity contribution in [2.45, 2.75) is 50.1 Å². The molecule has 1 aliphatic carbocycles. The van der Waals surface area contributed by atoms with Gasteiger partial charge >= 0.3 is 0 Å². The number of rotatable bonds is 7. The number of amides is 1. The lowest BCUT2D eigenvalue weighted by Crippen LogP contribution is -2.54. The van der Waals surface area contributed by atoms with Gasteiger partial charge in [0.05, 0.1) is 32.4 Å². The summed E-state index contributed by atoms with van der Waals surface area (Å²) in [5.41, 5.74) is 5.08. The number of carbonyl (C=O) groups is 1. The quantitative estimate of drug-likeness (QED) is 0.487. The normalized spacial score (nSPS) is 25.2. The van der Waals surface area contributed by atoms with Crippen molar-refractivity contribution in [2.24, 2.45) is 5.92 Å². The second kappa shape index (κ2) is 9.13. The van der Waals surface area contributed by atoms with Crippen LogP contribution in [0.5, 0.6) is 17.2 Å². The Bertz CT molecular complexity index is 1570. The molecule has 2 bridgehead atoms. The van der Waals surface area contributed by atoms with E-state index in [1.807, 2.05) is 22.8 Å². The number of para-hydroxylation sites is 1. The first-order valence-electron chi connectivity index (χ1n) is 14.2. The van der Waals surface area contributed by atoms with Gasteiger partial charge in [0.15, 0.2) is 11.5 Å². The molecule has 1 aromatic heterocycles. The summed E-state index contributed by atoms with van der Waals surface area (Å²) in [6.07, 6.45) is 3.16. The van der Waals surface area contributed by atoms with Gasteiger partial charge in [-0.15, -0.1) is 0 Å². The van der Waals surface area contributed by atoms with Crippen LogP contribution >= 0.6 is 0 Å². The number of hydrogen-bond acceptors (Lipinski definition) is 6. The van der Waals surface area contributed by atoms with Crippen LogP contribution in [0.15, 0.2) is 47.3 Å². The molecule has 3 aromatic rings. The molecule has 0 unspecified atom stereocenters. The minimum atomic E-state index is -0.372. The molecular weight excluding hydrogens is 506 g/mol. The molecule has 8 nitrogen and oxygen atoms in total. The molecule has 1 amide bonds. The maximum atomic E-state index is 14.2. The van der Waals surface area contributed by atoms with Gasteiger partial charge in [-0.3, -0.25) is 19.1 Å². The van der Waals surface area contributed by atoms with Crippen molar-refractivity contribution < 1.29 is 19.0 Å². The first kappa shape index (κ1) is 25.2. The van der Waals surface area contributed by atoms with E-state index in [0.29, 0.717) is 35.1 Å². The molecule has 0 saturated carbocycles. The molecule has 3 aliphatic heterocycles. The molecule has 0 radical (unpaired) electrons. The van der Waals surface area contributed by atoms with Crippen LogP contribution in [0.4, 0.5) is 0 Å². The van der Waals surface area contributed by atoms with Gasteiger partial charge in [-0.2, -0.15) is 0 Å². The van der Waals surface area contributed by atoms with Gasteiger partial charge in [-0.25, -0.2) is 0 Å². The molecular formula is C32H35N3O5. The van der Waals surface area contributed by atoms with Crippen molar-refractivity contribution in [3.8, 4) is 22.9 Å². The van der Waals surface area contributed by atoms with Crippen molar-refractivity contribution in [3.05, 3.63) is 80.8 Å². The number of nitrogens with one attached hydrogen (secondary N) is 1. The van der Waals surface area contributed by atoms with E-state index in [1.54, 1.807) is 33.5 Å². The monoisotopic (exact) mass is 541 g/mol. The summed E-state index contributed by atoms with van der Waals surface area (Å²) in [6, 6.07) is 14.3. The fourth-order valence-electron chi connectivity index (χ4n) is 8.23. The summed E-state index contributed by atoms with van der Waals surface area (Å²) in [4.78, 5) is 30.6. The average Bonchev–Trinajstić information content (AvgIpc) is 3.53. The summed E-state index contributed by atoms with van der Waals surface area (Å²) in [5.74, 6) is 1.99. The topological polar surface area (TPSA) is 82.0 Å². The van der Waals surface area contributed by atoms with E-state index in [4.69, 9.17) is 14.2 Å². The zero-order valence-corrected chi connectivity index (χ0v) is 23.5. The van der Waals surface area contributed by atoms with Gasteiger partial charge in [0.2, 0.25) is 5.75 Å². The number of hydrogen-bond donors (Lipinski definition) is 1. The smallest absolute Gasteiger partial charge is 0.268 e. The molecule has 40 heavy (non-hydrogen) atoms. The van der Waals surface area contributed by atoms with Crippen molar-refractivity contribution in [1.29, 1.82) is 0 Å². The Balaban J connectivity index is 1.32. The van der Waals surface area contributed by atoms with Crippen LogP contribution in [0.1, 0.15) is 64.8 Å². The highest BCUT2D eigenvalue weighted by Crippen LogP contribution is 2.61. The molecule has 2 aromatic carbocycles. The van der Waals surface area contributed by atoms with Crippen molar-refractivity contribution >= 4 is 5.91 Å². The third-order valence-electron chi connectivity index (χ3n) is 9.94. The van der Waals surface area contributed by atoms with Crippen molar-refractivity contribution in [3.63, 3.8) is 0 Å². The zero-order valence-electron chi connectivity index (χ0n) is 23.5. The molecule has 4 aliphatic rings. The molecule has 4 heterocycles. The van der Waals surface area contributed by atoms with Crippen LogP contribution in [0.25, 0.3) is 5.69 Å².